The number of hydrogen-bond donors (Lipinski definition) is 3. The van der Waals surface area contributed by atoms with Crippen molar-refractivity contribution in [3.05, 3.63) is 0 Å². The Morgan fingerprint density at radius 3 is 1.78 bits per heavy atom. The number of rotatable bonds is 13. The fourth-order valence-electron chi connectivity index (χ4n) is 2.33. The van der Waals surface area contributed by atoms with Crippen LogP contribution in [0.3, 0.4) is 0 Å². The first-order valence-electron chi connectivity index (χ1n) is 8.45. The Kier molecular flexibility index (Phi) is 10.1. The molecule has 0 saturated heterocycles. The summed E-state index contributed by atoms with van der Waals surface area (Å²) in [7, 11) is 0. The van der Waals surface area contributed by atoms with Crippen LogP contribution >= 0.6 is 0 Å². The highest BCUT2D eigenvalue weighted by Crippen LogP contribution is 2.23. The molecule has 0 saturated carbocycles. The third-order valence-electron chi connectivity index (χ3n) is 3.92. The lowest BCUT2D eigenvalue weighted by Crippen LogP contribution is -2.61. The van der Waals surface area contributed by atoms with Crippen LogP contribution < -0.4 is 0 Å². The van der Waals surface area contributed by atoms with Crippen molar-refractivity contribution in [3.8, 4) is 0 Å². The molecule has 0 amide bonds. The van der Waals surface area contributed by atoms with E-state index in [0.717, 1.165) is 6.42 Å². The molecule has 0 rings (SSSR count). The molecule has 0 heterocycles. The summed E-state index contributed by atoms with van der Waals surface area (Å²) in [5, 5.41) is 30.7. The Morgan fingerprint density at radius 1 is 0.826 bits per heavy atom. The van der Waals surface area contributed by atoms with Gasteiger partial charge in [0.05, 0.1) is 0 Å². The van der Waals surface area contributed by atoms with Crippen molar-refractivity contribution in [2.24, 2.45) is 0 Å². The molecule has 0 aromatic carbocycles. The topological polar surface area (TPSA) is 112 Å². The van der Waals surface area contributed by atoms with Gasteiger partial charge in [-0.05, 0) is 19.3 Å². The summed E-state index contributed by atoms with van der Waals surface area (Å²) in [6.07, 6.45) is -1.49. The Morgan fingerprint density at radius 2 is 1.30 bits per heavy atom. The zero-order valence-electron chi connectivity index (χ0n) is 14.4. The SMILES string of the molecule is CCCCC(=O)C(O)C(O)C(O)(C(=O)CCC)C(=O)CCCC. The molecule has 23 heavy (non-hydrogen) atoms. The van der Waals surface area contributed by atoms with Crippen molar-refractivity contribution in [2.75, 3.05) is 0 Å². The summed E-state index contributed by atoms with van der Waals surface area (Å²) in [4.78, 5) is 36.3. The van der Waals surface area contributed by atoms with Crippen molar-refractivity contribution < 1.29 is 29.7 Å². The minimum absolute atomic E-state index is 0.0237. The molecule has 6 heteroatoms. The first-order chi connectivity index (χ1) is 10.8. The van der Waals surface area contributed by atoms with Crippen LogP contribution in [-0.4, -0.2) is 50.5 Å². The van der Waals surface area contributed by atoms with Crippen molar-refractivity contribution in [3.63, 3.8) is 0 Å². The molecule has 0 aromatic heterocycles. The smallest absolute Gasteiger partial charge is 0.210 e. The number of ketones is 3. The van der Waals surface area contributed by atoms with E-state index >= 15 is 0 Å². The lowest BCUT2D eigenvalue weighted by atomic mass is 9.79. The van der Waals surface area contributed by atoms with E-state index in [4.69, 9.17) is 0 Å². The van der Waals surface area contributed by atoms with Crippen LogP contribution in [0.25, 0.3) is 0 Å². The second kappa shape index (κ2) is 10.6. The summed E-state index contributed by atoms with van der Waals surface area (Å²) in [5.41, 5.74) is -2.72. The van der Waals surface area contributed by atoms with E-state index in [9.17, 15) is 29.7 Å². The molecule has 0 bridgehead atoms. The van der Waals surface area contributed by atoms with Crippen LogP contribution in [0.2, 0.25) is 0 Å². The van der Waals surface area contributed by atoms with Crippen LogP contribution in [0.4, 0.5) is 0 Å². The second-order valence-corrected chi connectivity index (χ2v) is 5.93. The van der Waals surface area contributed by atoms with Crippen LogP contribution in [-0.2, 0) is 14.4 Å². The molecule has 134 valence electrons. The highest BCUT2D eigenvalue weighted by molar-refractivity contribution is 6.11. The molecule has 3 unspecified atom stereocenters. The van der Waals surface area contributed by atoms with E-state index in [1.165, 1.54) is 0 Å². The summed E-state index contributed by atoms with van der Waals surface area (Å²) < 4.78 is 0. The van der Waals surface area contributed by atoms with Gasteiger partial charge in [0, 0.05) is 19.3 Å². The zero-order chi connectivity index (χ0) is 18.0. The summed E-state index contributed by atoms with van der Waals surface area (Å²) in [5.74, 6) is -2.37. The van der Waals surface area contributed by atoms with E-state index < -0.39 is 35.2 Å². The van der Waals surface area contributed by atoms with Crippen LogP contribution in [0.1, 0.15) is 72.1 Å². The number of Topliss-reactive ketones (excluding diaryl/α,β-unsaturated/α-hetero) is 3. The molecule has 6 nitrogen and oxygen atoms in total. The molecule has 0 aromatic rings. The number of carbonyl (C=O) groups is 3. The Labute approximate surface area is 137 Å². The number of carbonyl (C=O) groups excluding carboxylic acids is 3. The summed E-state index contributed by atoms with van der Waals surface area (Å²) in [6.45, 7) is 5.41. The van der Waals surface area contributed by atoms with Crippen LogP contribution in [0.15, 0.2) is 0 Å². The van der Waals surface area contributed by atoms with Gasteiger partial charge in [-0.3, -0.25) is 14.4 Å². The summed E-state index contributed by atoms with van der Waals surface area (Å²) >= 11 is 0. The molecular weight excluding hydrogens is 300 g/mol. The van der Waals surface area contributed by atoms with Gasteiger partial charge < -0.3 is 15.3 Å². The Bertz CT molecular complexity index is 406. The third kappa shape index (κ3) is 5.79. The average molecular weight is 330 g/mol. The zero-order valence-corrected chi connectivity index (χ0v) is 14.4. The maximum Gasteiger partial charge on any atom is 0.210 e. The van der Waals surface area contributed by atoms with Gasteiger partial charge in [-0.2, -0.15) is 0 Å². The summed E-state index contributed by atoms with van der Waals surface area (Å²) in [6, 6.07) is 0. The first-order valence-corrected chi connectivity index (χ1v) is 8.45. The van der Waals surface area contributed by atoms with Crippen molar-refractivity contribution in [1.29, 1.82) is 0 Å². The number of aliphatic hydroxyl groups excluding tert-OH is 2. The molecule has 0 aliphatic heterocycles. The second-order valence-electron chi connectivity index (χ2n) is 5.93. The lowest BCUT2D eigenvalue weighted by molar-refractivity contribution is -0.174. The van der Waals surface area contributed by atoms with Gasteiger partial charge >= 0.3 is 0 Å². The van der Waals surface area contributed by atoms with Crippen molar-refractivity contribution in [2.45, 2.75) is 89.9 Å². The standard InChI is InChI=1S/C17H30O6/c1-4-7-10-12(18)15(21)16(22)17(23,13(19)9-6-3)14(20)11-8-5-2/h15-16,21-23H,4-11H2,1-3H3. The number of hydrogen-bond acceptors (Lipinski definition) is 6. The monoisotopic (exact) mass is 330 g/mol. The van der Waals surface area contributed by atoms with Crippen molar-refractivity contribution in [1.82, 2.24) is 0 Å². The largest absolute Gasteiger partial charge is 0.386 e. The van der Waals surface area contributed by atoms with Gasteiger partial charge in [0.15, 0.2) is 17.3 Å². The molecule has 0 spiro atoms. The van der Waals surface area contributed by atoms with Gasteiger partial charge in [0.2, 0.25) is 5.60 Å². The van der Waals surface area contributed by atoms with Gasteiger partial charge in [-0.15, -0.1) is 0 Å². The van der Waals surface area contributed by atoms with E-state index in [2.05, 4.69) is 0 Å². The Balaban J connectivity index is 5.36. The first kappa shape index (κ1) is 21.9. The molecule has 0 fully saturated rings. The molecule has 0 aliphatic rings. The van der Waals surface area contributed by atoms with Crippen LogP contribution in [0.5, 0.6) is 0 Å². The average Bonchev–Trinajstić information content (AvgIpc) is 2.55. The number of aliphatic hydroxyl groups is 3. The Hall–Kier alpha value is -1.11. The highest BCUT2D eigenvalue weighted by Gasteiger charge is 2.52. The fraction of sp³-hybridized carbons (Fsp3) is 0.824. The van der Waals surface area contributed by atoms with E-state index in [1.54, 1.807) is 6.92 Å². The minimum atomic E-state index is -2.72. The van der Waals surface area contributed by atoms with Crippen LogP contribution in [0, 0.1) is 0 Å². The lowest BCUT2D eigenvalue weighted by Gasteiger charge is -2.32. The van der Waals surface area contributed by atoms with Gasteiger partial charge in [0.25, 0.3) is 0 Å². The highest BCUT2D eigenvalue weighted by atomic mass is 16.4. The van der Waals surface area contributed by atoms with Gasteiger partial charge in [0.1, 0.15) is 12.2 Å². The molecule has 0 aliphatic carbocycles. The molecular formula is C17H30O6. The number of unbranched alkanes of at least 4 members (excludes halogenated alkanes) is 2. The minimum Gasteiger partial charge on any atom is -0.386 e. The maximum absolute atomic E-state index is 12.3. The van der Waals surface area contributed by atoms with Gasteiger partial charge in [-0.25, -0.2) is 0 Å². The predicted octanol–water partition coefficient (Wildman–Crippen LogP) is 1.33. The fourth-order valence-corrected chi connectivity index (χ4v) is 2.33. The third-order valence-corrected chi connectivity index (χ3v) is 3.92. The van der Waals surface area contributed by atoms with E-state index in [1.807, 2.05) is 13.8 Å². The van der Waals surface area contributed by atoms with Gasteiger partial charge in [-0.1, -0.05) is 33.6 Å². The van der Waals surface area contributed by atoms with E-state index in [0.29, 0.717) is 25.7 Å². The normalized spacial score (nSPS) is 16.4. The quantitative estimate of drug-likeness (QED) is 0.439. The van der Waals surface area contributed by atoms with E-state index in [-0.39, 0.29) is 19.3 Å². The predicted molar refractivity (Wildman–Crippen MR) is 85.9 cm³/mol. The molecule has 0 radical (unpaired) electrons. The van der Waals surface area contributed by atoms with Crippen molar-refractivity contribution >= 4 is 17.3 Å². The maximum atomic E-state index is 12.3. The molecule has 3 N–H and O–H groups in total. The molecule has 3 atom stereocenters.